The molecule has 2 heteroatoms. The fraction of sp³-hybridized carbons (Fsp3) is 0.0625. The third kappa shape index (κ3) is 1.10. The van der Waals surface area contributed by atoms with Gasteiger partial charge in [-0.05, 0) is 30.0 Å². The molecule has 4 aromatic rings. The standard InChI is InChI=1S/C16H12N2/c1-11-5-4-7-13-12-6-2-3-8-14(12)18-15(16(11)13)9-10-17-18/h2-10H,1H3. The van der Waals surface area contributed by atoms with E-state index in [4.69, 9.17) is 0 Å². The van der Waals surface area contributed by atoms with Crippen molar-refractivity contribution in [1.29, 1.82) is 0 Å². The van der Waals surface area contributed by atoms with Crippen LogP contribution in [0.1, 0.15) is 5.56 Å². The van der Waals surface area contributed by atoms with E-state index in [2.05, 4.69) is 60.6 Å². The lowest BCUT2D eigenvalue weighted by Gasteiger charge is -2.09. The van der Waals surface area contributed by atoms with Crippen LogP contribution in [-0.4, -0.2) is 9.61 Å². The summed E-state index contributed by atoms with van der Waals surface area (Å²) in [6.07, 6.45) is 1.87. The Bertz CT molecular complexity index is 887. The van der Waals surface area contributed by atoms with Crippen molar-refractivity contribution < 1.29 is 0 Å². The van der Waals surface area contributed by atoms with Crippen LogP contribution in [0.5, 0.6) is 0 Å². The first kappa shape index (κ1) is 9.66. The average molecular weight is 232 g/mol. The summed E-state index contributed by atoms with van der Waals surface area (Å²) in [5, 5.41) is 8.32. The predicted octanol–water partition coefficient (Wildman–Crippen LogP) is 3.95. The lowest BCUT2D eigenvalue weighted by molar-refractivity contribution is 1.01. The summed E-state index contributed by atoms with van der Waals surface area (Å²) in [5.74, 6) is 0. The Labute approximate surface area is 104 Å². The normalized spacial score (nSPS) is 11.6. The summed E-state index contributed by atoms with van der Waals surface area (Å²) in [6, 6.07) is 17.0. The first-order chi connectivity index (χ1) is 8.86. The molecule has 4 rings (SSSR count). The number of benzene rings is 2. The average Bonchev–Trinajstić information content (AvgIpc) is 2.88. The molecule has 0 fully saturated rings. The van der Waals surface area contributed by atoms with Crippen molar-refractivity contribution in [1.82, 2.24) is 9.61 Å². The Kier molecular flexibility index (Phi) is 1.78. The molecule has 2 heterocycles. The number of aromatic nitrogens is 2. The molecule has 0 radical (unpaired) electrons. The zero-order chi connectivity index (χ0) is 12.1. The van der Waals surface area contributed by atoms with Gasteiger partial charge < -0.3 is 0 Å². The highest BCUT2D eigenvalue weighted by molar-refractivity contribution is 6.13. The van der Waals surface area contributed by atoms with E-state index < -0.39 is 0 Å². The van der Waals surface area contributed by atoms with Gasteiger partial charge in [0, 0.05) is 10.8 Å². The highest BCUT2D eigenvalue weighted by Crippen LogP contribution is 2.30. The molecule has 2 aromatic heterocycles. The van der Waals surface area contributed by atoms with Gasteiger partial charge in [-0.15, -0.1) is 0 Å². The van der Waals surface area contributed by atoms with Crippen LogP contribution in [-0.2, 0) is 0 Å². The number of rotatable bonds is 0. The van der Waals surface area contributed by atoms with Crippen molar-refractivity contribution in [2.45, 2.75) is 6.92 Å². The van der Waals surface area contributed by atoms with Crippen molar-refractivity contribution in [2.24, 2.45) is 0 Å². The van der Waals surface area contributed by atoms with Crippen LogP contribution >= 0.6 is 0 Å². The second-order valence-corrected chi connectivity index (χ2v) is 4.64. The monoisotopic (exact) mass is 232 g/mol. The molecule has 0 aliphatic carbocycles. The van der Waals surface area contributed by atoms with Crippen molar-refractivity contribution in [3.8, 4) is 0 Å². The maximum absolute atomic E-state index is 4.45. The van der Waals surface area contributed by atoms with Crippen molar-refractivity contribution >= 4 is 27.2 Å². The Hall–Kier alpha value is -2.35. The molecule has 0 aliphatic heterocycles. The van der Waals surface area contributed by atoms with E-state index in [0.717, 1.165) is 5.52 Å². The van der Waals surface area contributed by atoms with E-state index >= 15 is 0 Å². The number of nitrogens with zero attached hydrogens (tertiary/aromatic N) is 2. The topological polar surface area (TPSA) is 17.3 Å². The SMILES string of the molecule is Cc1cccc2c3ccccc3n3nccc3c12. The second-order valence-electron chi connectivity index (χ2n) is 4.64. The second kappa shape index (κ2) is 3.33. The predicted molar refractivity (Wildman–Crippen MR) is 74.9 cm³/mol. The Morgan fingerprint density at radius 3 is 2.61 bits per heavy atom. The molecule has 0 amide bonds. The summed E-state index contributed by atoms with van der Waals surface area (Å²) in [4.78, 5) is 0. The highest BCUT2D eigenvalue weighted by atomic mass is 15.2. The largest absolute Gasteiger partial charge is 0.232 e. The smallest absolute Gasteiger partial charge is 0.0750 e. The summed E-state index contributed by atoms with van der Waals surface area (Å²) >= 11 is 0. The van der Waals surface area contributed by atoms with E-state index in [1.165, 1.54) is 27.2 Å². The van der Waals surface area contributed by atoms with E-state index in [0.29, 0.717) is 0 Å². The first-order valence-corrected chi connectivity index (χ1v) is 6.10. The quantitative estimate of drug-likeness (QED) is 0.420. The summed E-state index contributed by atoms with van der Waals surface area (Å²) in [5.41, 5.74) is 3.64. The molecule has 0 atom stereocenters. The van der Waals surface area contributed by atoms with E-state index in [9.17, 15) is 0 Å². The summed E-state index contributed by atoms with van der Waals surface area (Å²) in [7, 11) is 0. The van der Waals surface area contributed by atoms with Gasteiger partial charge in [-0.1, -0.05) is 36.4 Å². The van der Waals surface area contributed by atoms with E-state index in [1.807, 2.05) is 10.7 Å². The lowest BCUT2D eigenvalue weighted by atomic mass is 10.0. The molecule has 0 unspecified atom stereocenters. The number of aryl methyl sites for hydroxylation is 1. The summed E-state index contributed by atoms with van der Waals surface area (Å²) < 4.78 is 2.03. The molecule has 0 bridgehead atoms. The van der Waals surface area contributed by atoms with Crippen LogP contribution in [0.3, 0.4) is 0 Å². The maximum atomic E-state index is 4.45. The molecule has 2 nitrogen and oxygen atoms in total. The molecule has 86 valence electrons. The third-order valence-corrected chi connectivity index (χ3v) is 3.59. The minimum absolute atomic E-state index is 1.16. The third-order valence-electron chi connectivity index (χ3n) is 3.59. The van der Waals surface area contributed by atoms with Gasteiger partial charge in [0.2, 0.25) is 0 Å². The summed E-state index contributed by atoms with van der Waals surface area (Å²) in [6.45, 7) is 2.16. The van der Waals surface area contributed by atoms with Gasteiger partial charge in [0.1, 0.15) is 0 Å². The van der Waals surface area contributed by atoms with Crippen LogP contribution in [0.25, 0.3) is 27.2 Å². The number of para-hydroxylation sites is 1. The first-order valence-electron chi connectivity index (χ1n) is 6.10. The number of hydrogen-bond donors (Lipinski definition) is 0. The van der Waals surface area contributed by atoms with Crippen molar-refractivity contribution in [3.63, 3.8) is 0 Å². The lowest BCUT2D eigenvalue weighted by Crippen LogP contribution is -1.93. The molecule has 0 spiro atoms. The van der Waals surface area contributed by atoms with Crippen LogP contribution in [0.4, 0.5) is 0 Å². The van der Waals surface area contributed by atoms with Gasteiger partial charge in [0.15, 0.2) is 0 Å². The Morgan fingerprint density at radius 1 is 0.833 bits per heavy atom. The number of hydrogen-bond acceptors (Lipinski definition) is 1. The fourth-order valence-electron chi connectivity index (χ4n) is 2.80. The molecular weight excluding hydrogens is 220 g/mol. The zero-order valence-electron chi connectivity index (χ0n) is 10.1. The van der Waals surface area contributed by atoms with Gasteiger partial charge in [0.25, 0.3) is 0 Å². The molecule has 18 heavy (non-hydrogen) atoms. The molecule has 0 N–H and O–H groups in total. The van der Waals surface area contributed by atoms with Crippen LogP contribution in [0.15, 0.2) is 54.7 Å². The van der Waals surface area contributed by atoms with Gasteiger partial charge >= 0.3 is 0 Å². The highest BCUT2D eigenvalue weighted by Gasteiger charge is 2.09. The van der Waals surface area contributed by atoms with Crippen LogP contribution in [0, 0.1) is 6.92 Å². The zero-order valence-corrected chi connectivity index (χ0v) is 10.1. The fourth-order valence-corrected chi connectivity index (χ4v) is 2.80. The van der Waals surface area contributed by atoms with Gasteiger partial charge in [-0.2, -0.15) is 5.10 Å². The van der Waals surface area contributed by atoms with Crippen LogP contribution in [0.2, 0.25) is 0 Å². The van der Waals surface area contributed by atoms with E-state index in [1.54, 1.807) is 0 Å². The van der Waals surface area contributed by atoms with E-state index in [-0.39, 0.29) is 0 Å². The van der Waals surface area contributed by atoms with Gasteiger partial charge in [0.05, 0.1) is 17.2 Å². The van der Waals surface area contributed by atoms with Gasteiger partial charge in [-0.3, -0.25) is 0 Å². The molecular formula is C16H12N2. The molecule has 0 saturated carbocycles. The van der Waals surface area contributed by atoms with Crippen molar-refractivity contribution in [3.05, 3.63) is 60.3 Å². The molecule has 2 aromatic carbocycles. The number of fused-ring (bicyclic) bond motifs is 6. The van der Waals surface area contributed by atoms with Gasteiger partial charge in [-0.25, -0.2) is 4.52 Å². The minimum atomic E-state index is 1.16. The van der Waals surface area contributed by atoms with Crippen molar-refractivity contribution in [2.75, 3.05) is 0 Å². The Balaban J connectivity index is 2.49. The maximum Gasteiger partial charge on any atom is 0.0750 e. The minimum Gasteiger partial charge on any atom is -0.232 e. The Morgan fingerprint density at radius 2 is 1.67 bits per heavy atom. The molecule has 0 aliphatic rings. The molecule has 0 saturated heterocycles. The number of pyridine rings is 1. The van der Waals surface area contributed by atoms with Crippen LogP contribution < -0.4 is 0 Å².